The standard InChI is InChI=1S/C19H10.C5H10/c1-4-6-7-8-9-10-11-12-13-14-15-16-17-18-19(3)5-2;1-4-3-5(4)2/h1,5H2,2-3H3;4-5H,3H2,1-2H3/t;4-,5?/m.0/s1. The van der Waals surface area contributed by atoms with Gasteiger partial charge in [-0.15, -0.1) is 0 Å². The first-order chi connectivity index (χ1) is 11.6. The van der Waals surface area contributed by atoms with Gasteiger partial charge in [-0.2, -0.15) is 0 Å². The van der Waals surface area contributed by atoms with Crippen molar-refractivity contribution >= 4 is 0 Å². The van der Waals surface area contributed by atoms with Crippen LogP contribution in [0.4, 0.5) is 0 Å². The van der Waals surface area contributed by atoms with Gasteiger partial charge in [0.15, 0.2) is 0 Å². The fourth-order valence-corrected chi connectivity index (χ4v) is 1.09. The summed E-state index contributed by atoms with van der Waals surface area (Å²) in [6.45, 7) is 11.9. The van der Waals surface area contributed by atoms with E-state index in [-0.39, 0.29) is 0 Å². The van der Waals surface area contributed by atoms with E-state index in [9.17, 15) is 0 Å². The number of hydrogen-bond acceptors (Lipinski definition) is 0. The Bertz CT molecular complexity index is 952. The minimum absolute atomic E-state index is 0.938. The Kier molecular flexibility index (Phi) is 12.6. The van der Waals surface area contributed by atoms with Gasteiger partial charge in [0.05, 0.1) is 0 Å². The highest BCUT2D eigenvalue weighted by atomic mass is 14.3. The summed E-state index contributed by atoms with van der Waals surface area (Å²) in [5.74, 6) is 2.10. The summed E-state index contributed by atoms with van der Waals surface area (Å²) in [6.07, 6.45) is 2.41. The molecule has 1 unspecified atom stereocenters. The first kappa shape index (κ1) is 20.7. The van der Waals surface area contributed by atoms with Crippen molar-refractivity contribution in [2.45, 2.75) is 40.5 Å². The second-order valence-corrected chi connectivity index (χ2v) is 5.13. The third-order valence-corrected chi connectivity index (χ3v) is 3.09. The van der Waals surface area contributed by atoms with Gasteiger partial charge in [-0.3, -0.25) is 0 Å². The van der Waals surface area contributed by atoms with E-state index in [0.29, 0.717) is 0 Å². The molecule has 0 saturated heterocycles. The van der Waals surface area contributed by atoms with Gasteiger partial charge in [-0.25, -0.2) is 0 Å². The summed E-state index contributed by atoms with van der Waals surface area (Å²) < 4.78 is 0. The lowest BCUT2D eigenvalue weighted by Gasteiger charge is -1.79. The molecule has 1 saturated carbocycles. The van der Waals surface area contributed by atoms with Crippen molar-refractivity contribution in [3.05, 3.63) is 92.4 Å². The molecule has 0 aromatic heterocycles. The average molecular weight is 308 g/mol. The average Bonchev–Trinajstić information content (AvgIpc) is 3.24. The lowest BCUT2D eigenvalue weighted by molar-refractivity contribution is 0.834. The van der Waals surface area contributed by atoms with E-state index in [0.717, 1.165) is 23.8 Å². The zero-order valence-electron chi connectivity index (χ0n) is 14.8. The van der Waals surface area contributed by atoms with E-state index in [2.05, 4.69) is 101 Å². The van der Waals surface area contributed by atoms with Gasteiger partial charge in [-0.05, 0) is 113 Å². The fraction of sp³-hybridized carbons (Fsp3) is 0.333. The Morgan fingerprint density at radius 1 is 0.750 bits per heavy atom. The molecule has 0 bridgehead atoms. The van der Waals surface area contributed by atoms with Gasteiger partial charge >= 0.3 is 0 Å². The molecule has 2 atom stereocenters. The van der Waals surface area contributed by atoms with Crippen LogP contribution in [0.25, 0.3) is 0 Å². The lowest BCUT2D eigenvalue weighted by Crippen LogP contribution is -1.61. The van der Waals surface area contributed by atoms with Crippen LogP contribution in [0.3, 0.4) is 0 Å². The van der Waals surface area contributed by atoms with E-state index < -0.39 is 0 Å². The molecule has 1 fully saturated rings. The monoisotopic (exact) mass is 308 g/mol. The predicted octanol–water partition coefficient (Wildman–Crippen LogP) is 5.81. The molecule has 1 aliphatic carbocycles. The maximum absolute atomic E-state index is 3.31. The van der Waals surface area contributed by atoms with E-state index in [4.69, 9.17) is 0 Å². The van der Waals surface area contributed by atoms with Crippen LogP contribution in [0, 0.1) is 11.8 Å². The number of hydrogen-bond donors (Lipinski definition) is 0. The molecule has 0 aromatic carbocycles. The molecule has 0 amide bonds. The second-order valence-electron chi connectivity index (χ2n) is 5.13. The van der Waals surface area contributed by atoms with Crippen LogP contribution >= 0.6 is 0 Å². The first-order valence-electron chi connectivity index (χ1n) is 7.72. The maximum Gasteiger partial charge on any atom is -0.00000000000926 e. The van der Waals surface area contributed by atoms with Gasteiger partial charge in [0, 0.05) is 0 Å². The molecule has 0 nitrogen and oxygen atoms in total. The van der Waals surface area contributed by atoms with Crippen molar-refractivity contribution in [2.24, 2.45) is 11.8 Å². The molecule has 0 spiro atoms. The van der Waals surface area contributed by atoms with Crippen molar-refractivity contribution < 1.29 is 0 Å². The summed E-state index contributed by atoms with van der Waals surface area (Å²) in [7, 11) is 0. The highest BCUT2D eigenvalue weighted by Crippen LogP contribution is 2.36. The SMILES string of the molecule is C=C=C=C=C=C=C=C=C=C=C=C=C=C=C=C(C)CC.CC1C[C@@H]1C. The van der Waals surface area contributed by atoms with Crippen LogP contribution in [0.1, 0.15) is 40.5 Å². The molecule has 0 radical (unpaired) electrons. The molecule has 0 heterocycles. The quantitative estimate of drug-likeness (QED) is 0.536. The van der Waals surface area contributed by atoms with Crippen LogP contribution < -0.4 is 0 Å². The van der Waals surface area contributed by atoms with Gasteiger partial charge in [0.2, 0.25) is 0 Å². The lowest BCUT2D eigenvalue weighted by atomic mass is 10.3. The summed E-state index contributed by atoms with van der Waals surface area (Å²) in [6, 6.07) is 0. The van der Waals surface area contributed by atoms with Gasteiger partial charge < -0.3 is 0 Å². The molecule has 0 N–H and O–H groups in total. The summed E-state index contributed by atoms with van der Waals surface area (Å²) in [4.78, 5) is 0. The van der Waals surface area contributed by atoms with E-state index in [1.165, 1.54) is 6.42 Å². The van der Waals surface area contributed by atoms with Crippen molar-refractivity contribution in [2.75, 3.05) is 0 Å². The van der Waals surface area contributed by atoms with Crippen LogP contribution in [0.15, 0.2) is 92.4 Å². The van der Waals surface area contributed by atoms with E-state index >= 15 is 0 Å². The maximum atomic E-state index is 3.31. The third kappa shape index (κ3) is 15.1. The highest BCUT2D eigenvalue weighted by molar-refractivity contribution is 4.97. The number of allylic oxidation sites excluding steroid dienone is 1. The Hall–Kier alpha value is -3.34. The number of rotatable bonds is 1. The minimum Gasteiger partial charge on any atom is -0.0687 e. The molecule has 0 aromatic rings. The molecule has 24 heavy (non-hydrogen) atoms. The second kappa shape index (κ2) is 14.6. The van der Waals surface area contributed by atoms with Gasteiger partial charge in [0.1, 0.15) is 0 Å². The fourth-order valence-electron chi connectivity index (χ4n) is 1.09. The Balaban J connectivity index is 0.000000889. The van der Waals surface area contributed by atoms with E-state index in [1.54, 1.807) is 0 Å². The van der Waals surface area contributed by atoms with Crippen molar-refractivity contribution in [1.82, 2.24) is 0 Å². The van der Waals surface area contributed by atoms with Crippen molar-refractivity contribution in [3.8, 4) is 0 Å². The van der Waals surface area contributed by atoms with Crippen LogP contribution in [0.5, 0.6) is 0 Å². The predicted molar refractivity (Wildman–Crippen MR) is 97.2 cm³/mol. The summed E-state index contributed by atoms with van der Waals surface area (Å²) >= 11 is 0. The Morgan fingerprint density at radius 2 is 1.08 bits per heavy atom. The molecular formula is C24H20. The van der Waals surface area contributed by atoms with Crippen LogP contribution in [-0.4, -0.2) is 0 Å². The zero-order chi connectivity index (χ0) is 18.0. The van der Waals surface area contributed by atoms with Crippen molar-refractivity contribution in [3.63, 3.8) is 0 Å². The largest absolute Gasteiger partial charge is 0.0687 e. The van der Waals surface area contributed by atoms with Gasteiger partial charge in [-0.1, -0.05) is 32.2 Å². The molecule has 1 aliphatic rings. The topological polar surface area (TPSA) is 0 Å². The summed E-state index contributed by atoms with van der Waals surface area (Å²) in [5, 5.41) is 0. The van der Waals surface area contributed by atoms with E-state index in [1.807, 2.05) is 13.8 Å². The Morgan fingerprint density at radius 3 is 1.38 bits per heavy atom. The summed E-state index contributed by atoms with van der Waals surface area (Å²) in [5.41, 5.74) is 36.9. The Labute approximate surface area is 145 Å². The normalized spacial score (nSPS) is 14.2. The van der Waals surface area contributed by atoms with Crippen molar-refractivity contribution in [1.29, 1.82) is 0 Å². The molecule has 0 heteroatoms. The third-order valence-electron chi connectivity index (χ3n) is 3.09. The zero-order valence-corrected chi connectivity index (χ0v) is 14.8. The molecular weight excluding hydrogens is 288 g/mol. The molecule has 116 valence electrons. The minimum atomic E-state index is 0.938. The smallest absolute Gasteiger partial charge is 0.00000000000926 e. The molecule has 0 aliphatic heterocycles. The highest BCUT2D eigenvalue weighted by Gasteiger charge is 2.26. The van der Waals surface area contributed by atoms with Crippen LogP contribution in [0.2, 0.25) is 0 Å². The van der Waals surface area contributed by atoms with Gasteiger partial charge in [0.25, 0.3) is 0 Å². The molecule has 1 rings (SSSR count). The first-order valence-corrected chi connectivity index (χ1v) is 7.72. The van der Waals surface area contributed by atoms with Crippen LogP contribution in [-0.2, 0) is 0 Å².